The van der Waals surface area contributed by atoms with E-state index in [0.29, 0.717) is 36.8 Å². The number of oxazole rings is 1. The molecule has 0 saturated carbocycles. The number of hydrogen-bond donors (Lipinski definition) is 1. The quantitative estimate of drug-likeness (QED) is 0.342. The predicted molar refractivity (Wildman–Crippen MR) is 133 cm³/mol. The lowest BCUT2D eigenvalue weighted by Crippen LogP contribution is -2.25. The summed E-state index contributed by atoms with van der Waals surface area (Å²) in [5.74, 6) is 1.12. The standard InChI is InChI=1S/C28H26N4O3/c1-19-3-6-22(7-4-19)28-31-23(17-35-28)13-14-29-27(33)21-8-10-25(11-9-21)34-18-24-16-32-15-20(2)5-12-26(32)30-24/h3-12,15-17H,13-14,18H2,1-2H3,(H,29,33). The monoisotopic (exact) mass is 466 g/mol. The van der Waals surface area contributed by atoms with Gasteiger partial charge in [-0.2, -0.15) is 0 Å². The molecule has 0 aliphatic heterocycles. The third-order valence-electron chi connectivity index (χ3n) is 5.67. The summed E-state index contributed by atoms with van der Waals surface area (Å²) in [6.07, 6.45) is 6.21. The zero-order chi connectivity index (χ0) is 24.2. The Morgan fingerprint density at radius 3 is 2.49 bits per heavy atom. The number of hydrogen-bond acceptors (Lipinski definition) is 5. The van der Waals surface area contributed by atoms with Gasteiger partial charge in [0, 0.05) is 36.5 Å². The van der Waals surface area contributed by atoms with Gasteiger partial charge >= 0.3 is 0 Å². The first-order valence-corrected chi connectivity index (χ1v) is 11.5. The Bertz CT molecular complexity index is 1450. The van der Waals surface area contributed by atoms with E-state index in [1.807, 2.05) is 67.0 Å². The van der Waals surface area contributed by atoms with Gasteiger partial charge in [0.25, 0.3) is 5.91 Å². The highest BCUT2D eigenvalue weighted by atomic mass is 16.5. The second-order valence-corrected chi connectivity index (χ2v) is 8.53. The number of nitrogens with one attached hydrogen (secondary N) is 1. The minimum atomic E-state index is -0.144. The van der Waals surface area contributed by atoms with E-state index >= 15 is 0 Å². The van der Waals surface area contributed by atoms with Crippen LogP contribution in [0.1, 0.15) is 32.9 Å². The molecule has 5 aromatic rings. The molecular weight excluding hydrogens is 440 g/mol. The van der Waals surface area contributed by atoms with Crippen LogP contribution >= 0.6 is 0 Å². The molecule has 7 heteroatoms. The average Bonchev–Trinajstić information content (AvgIpc) is 3.50. The summed E-state index contributed by atoms with van der Waals surface area (Å²) < 4.78 is 13.4. The molecule has 0 spiro atoms. The van der Waals surface area contributed by atoms with Gasteiger partial charge in [-0.25, -0.2) is 9.97 Å². The summed E-state index contributed by atoms with van der Waals surface area (Å²) in [5, 5.41) is 2.93. The molecule has 0 aliphatic rings. The van der Waals surface area contributed by atoms with Crippen LogP contribution in [0.2, 0.25) is 0 Å². The normalized spacial score (nSPS) is 11.0. The Labute approximate surface area is 203 Å². The SMILES string of the molecule is Cc1ccc(-c2nc(CCNC(=O)c3ccc(OCc4cn5cc(C)ccc5n4)cc3)co2)cc1. The molecule has 176 valence electrons. The fraction of sp³-hybridized carbons (Fsp3) is 0.179. The molecule has 0 unspecified atom stereocenters. The molecule has 3 heterocycles. The minimum absolute atomic E-state index is 0.144. The summed E-state index contributed by atoms with van der Waals surface area (Å²) in [4.78, 5) is 21.6. The van der Waals surface area contributed by atoms with Crippen molar-refractivity contribution in [2.75, 3.05) is 6.54 Å². The second-order valence-electron chi connectivity index (χ2n) is 8.53. The summed E-state index contributed by atoms with van der Waals surface area (Å²) in [5.41, 5.74) is 6.39. The van der Waals surface area contributed by atoms with Crippen molar-refractivity contribution in [2.24, 2.45) is 0 Å². The third-order valence-corrected chi connectivity index (χ3v) is 5.67. The molecule has 0 aliphatic carbocycles. The number of fused-ring (bicyclic) bond motifs is 1. The lowest BCUT2D eigenvalue weighted by molar-refractivity contribution is 0.0954. The van der Waals surface area contributed by atoms with E-state index in [9.17, 15) is 4.79 Å². The Morgan fingerprint density at radius 1 is 0.914 bits per heavy atom. The van der Waals surface area contributed by atoms with Crippen LogP contribution in [0.15, 0.2) is 83.7 Å². The van der Waals surface area contributed by atoms with E-state index in [1.165, 1.54) is 11.1 Å². The highest BCUT2D eigenvalue weighted by Crippen LogP contribution is 2.19. The molecule has 1 N–H and O–H groups in total. The first kappa shape index (κ1) is 22.4. The number of benzene rings is 2. The predicted octanol–water partition coefficient (Wildman–Crippen LogP) is 5.16. The van der Waals surface area contributed by atoms with Crippen molar-refractivity contribution in [3.05, 3.63) is 107 Å². The number of aromatic nitrogens is 3. The minimum Gasteiger partial charge on any atom is -0.487 e. The maximum Gasteiger partial charge on any atom is 0.251 e. The van der Waals surface area contributed by atoms with Crippen LogP contribution in [0.5, 0.6) is 5.75 Å². The van der Waals surface area contributed by atoms with Crippen molar-refractivity contribution < 1.29 is 13.9 Å². The van der Waals surface area contributed by atoms with E-state index in [0.717, 1.165) is 22.6 Å². The third kappa shape index (κ3) is 5.41. The highest BCUT2D eigenvalue weighted by molar-refractivity contribution is 5.94. The van der Waals surface area contributed by atoms with Crippen molar-refractivity contribution in [3.63, 3.8) is 0 Å². The molecule has 35 heavy (non-hydrogen) atoms. The van der Waals surface area contributed by atoms with Crippen LogP contribution in [-0.4, -0.2) is 26.8 Å². The second kappa shape index (κ2) is 9.85. The Balaban J connectivity index is 1.10. The van der Waals surface area contributed by atoms with E-state index in [1.54, 1.807) is 30.5 Å². The maximum atomic E-state index is 12.5. The van der Waals surface area contributed by atoms with Gasteiger partial charge in [0.05, 0.1) is 11.4 Å². The largest absolute Gasteiger partial charge is 0.487 e. The number of imidazole rings is 1. The number of ether oxygens (including phenoxy) is 1. The zero-order valence-electron chi connectivity index (χ0n) is 19.7. The first-order valence-electron chi connectivity index (χ1n) is 11.5. The Hall–Kier alpha value is -4.39. The number of carbonyl (C=O) groups is 1. The lowest BCUT2D eigenvalue weighted by Gasteiger charge is -2.07. The number of rotatable bonds is 8. The number of carbonyl (C=O) groups excluding carboxylic acids is 1. The molecule has 0 fully saturated rings. The van der Waals surface area contributed by atoms with Crippen LogP contribution in [0.3, 0.4) is 0 Å². The van der Waals surface area contributed by atoms with Gasteiger partial charge in [-0.05, 0) is 61.9 Å². The van der Waals surface area contributed by atoms with Crippen LogP contribution in [-0.2, 0) is 13.0 Å². The van der Waals surface area contributed by atoms with Gasteiger partial charge in [0.2, 0.25) is 5.89 Å². The molecule has 0 bridgehead atoms. The fourth-order valence-corrected chi connectivity index (χ4v) is 3.74. The number of aryl methyl sites for hydroxylation is 2. The number of pyridine rings is 1. The number of amides is 1. The van der Waals surface area contributed by atoms with Crippen molar-refractivity contribution in [1.29, 1.82) is 0 Å². The lowest BCUT2D eigenvalue weighted by atomic mass is 10.1. The molecule has 2 aromatic carbocycles. The van der Waals surface area contributed by atoms with E-state index in [4.69, 9.17) is 9.15 Å². The molecule has 3 aromatic heterocycles. The van der Waals surface area contributed by atoms with Crippen molar-refractivity contribution >= 4 is 11.6 Å². The molecule has 5 rings (SSSR count). The maximum absolute atomic E-state index is 12.5. The van der Waals surface area contributed by atoms with E-state index in [-0.39, 0.29) is 5.91 Å². The van der Waals surface area contributed by atoms with Gasteiger partial charge in [0.15, 0.2) is 0 Å². The topological polar surface area (TPSA) is 81.7 Å². The van der Waals surface area contributed by atoms with Gasteiger partial charge < -0.3 is 18.9 Å². The van der Waals surface area contributed by atoms with Crippen LogP contribution in [0.4, 0.5) is 0 Å². The smallest absolute Gasteiger partial charge is 0.251 e. The molecule has 0 saturated heterocycles. The van der Waals surface area contributed by atoms with Gasteiger partial charge in [-0.3, -0.25) is 4.79 Å². The summed E-state index contributed by atoms with van der Waals surface area (Å²) in [7, 11) is 0. The fourth-order valence-electron chi connectivity index (χ4n) is 3.74. The number of nitrogens with zero attached hydrogens (tertiary/aromatic N) is 3. The molecule has 7 nitrogen and oxygen atoms in total. The van der Waals surface area contributed by atoms with Crippen molar-refractivity contribution in [1.82, 2.24) is 19.7 Å². The van der Waals surface area contributed by atoms with Crippen LogP contribution < -0.4 is 10.1 Å². The molecule has 0 radical (unpaired) electrons. The summed E-state index contributed by atoms with van der Waals surface area (Å²) in [6.45, 7) is 4.90. The van der Waals surface area contributed by atoms with Crippen LogP contribution in [0, 0.1) is 13.8 Å². The van der Waals surface area contributed by atoms with E-state index < -0.39 is 0 Å². The van der Waals surface area contributed by atoms with E-state index in [2.05, 4.69) is 15.3 Å². The molecule has 0 atom stereocenters. The Morgan fingerprint density at radius 2 is 1.69 bits per heavy atom. The highest BCUT2D eigenvalue weighted by Gasteiger charge is 2.09. The zero-order valence-corrected chi connectivity index (χ0v) is 19.7. The summed E-state index contributed by atoms with van der Waals surface area (Å²) >= 11 is 0. The summed E-state index contributed by atoms with van der Waals surface area (Å²) in [6, 6.07) is 19.1. The van der Waals surface area contributed by atoms with Crippen molar-refractivity contribution in [3.8, 4) is 17.2 Å². The van der Waals surface area contributed by atoms with Gasteiger partial charge in [-0.15, -0.1) is 0 Å². The van der Waals surface area contributed by atoms with Gasteiger partial charge in [-0.1, -0.05) is 23.8 Å². The molecular formula is C28H26N4O3. The van der Waals surface area contributed by atoms with Crippen LogP contribution in [0.25, 0.3) is 17.1 Å². The van der Waals surface area contributed by atoms with Gasteiger partial charge in [0.1, 0.15) is 24.3 Å². The van der Waals surface area contributed by atoms with Crippen molar-refractivity contribution in [2.45, 2.75) is 26.9 Å². The molecule has 1 amide bonds. The Kier molecular flexibility index (Phi) is 6.30. The average molecular weight is 467 g/mol. The first-order chi connectivity index (χ1) is 17.0.